The highest BCUT2D eigenvalue weighted by Crippen LogP contribution is 2.15. The van der Waals surface area contributed by atoms with E-state index in [1.807, 2.05) is 29.2 Å². The van der Waals surface area contributed by atoms with Crippen LogP contribution >= 0.6 is 0 Å². The second-order valence-electron chi connectivity index (χ2n) is 5.02. The first-order valence-corrected chi connectivity index (χ1v) is 7.08. The predicted octanol–water partition coefficient (Wildman–Crippen LogP) is 0.879. The minimum atomic E-state index is -0.652. The first-order valence-electron chi connectivity index (χ1n) is 7.08. The van der Waals surface area contributed by atoms with Crippen LogP contribution in [0.5, 0.6) is 0 Å². The van der Waals surface area contributed by atoms with Crippen molar-refractivity contribution < 1.29 is 9.59 Å². The van der Waals surface area contributed by atoms with Crippen LogP contribution in [0.3, 0.4) is 0 Å². The summed E-state index contributed by atoms with van der Waals surface area (Å²) in [6.07, 6.45) is 1.53. The monoisotopic (exact) mass is 298 g/mol. The molecular weight excluding hydrogens is 280 g/mol. The Kier molecular flexibility index (Phi) is 5.15. The van der Waals surface area contributed by atoms with Gasteiger partial charge in [-0.25, -0.2) is 0 Å². The van der Waals surface area contributed by atoms with E-state index in [4.69, 9.17) is 5.26 Å². The van der Waals surface area contributed by atoms with E-state index in [1.54, 1.807) is 0 Å². The number of rotatable bonds is 3. The molecule has 0 bridgehead atoms. The fourth-order valence-corrected chi connectivity index (χ4v) is 2.30. The zero-order valence-corrected chi connectivity index (χ0v) is 12.5. The molecule has 0 aliphatic carbocycles. The van der Waals surface area contributed by atoms with Gasteiger partial charge >= 0.3 is 0 Å². The highest BCUT2D eigenvalue weighted by atomic mass is 16.2. The van der Waals surface area contributed by atoms with Gasteiger partial charge in [-0.2, -0.15) is 5.26 Å². The van der Waals surface area contributed by atoms with Crippen LogP contribution in [0, 0.1) is 11.3 Å². The average molecular weight is 298 g/mol. The smallest absolute Gasteiger partial charge is 0.269 e. The number of amides is 2. The Balaban J connectivity index is 1.96. The first-order chi connectivity index (χ1) is 10.6. The lowest BCUT2D eigenvalue weighted by molar-refractivity contribution is -0.126. The van der Waals surface area contributed by atoms with Gasteiger partial charge in [0.05, 0.1) is 0 Å². The molecule has 1 N–H and O–H groups in total. The van der Waals surface area contributed by atoms with Crippen LogP contribution in [0.25, 0.3) is 0 Å². The van der Waals surface area contributed by atoms with Gasteiger partial charge in [0, 0.05) is 45.0 Å². The molecule has 0 unspecified atom stereocenters. The summed E-state index contributed by atoms with van der Waals surface area (Å²) in [5, 5.41) is 11.2. The number of para-hydroxylation sites is 1. The van der Waals surface area contributed by atoms with Crippen molar-refractivity contribution in [3.05, 3.63) is 42.1 Å². The molecule has 6 heteroatoms. The number of anilines is 1. The number of benzene rings is 1. The molecule has 1 heterocycles. The third-order valence-electron chi connectivity index (χ3n) is 3.40. The normalized spacial score (nSPS) is 15.2. The molecule has 6 nitrogen and oxygen atoms in total. The molecule has 0 aromatic heterocycles. The SMILES string of the molecule is CC(=O)NC(=O)C(C#N)=CN1CCN(c2ccccc2)CC1. The predicted molar refractivity (Wildman–Crippen MR) is 82.7 cm³/mol. The summed E-state index contributed by atoms with van der Waals surface area (Å²) in [6.45, 7) is 4.30. The summed E-state index contributed by atoms with van der Waals surface area (Å²) >= 11 is 0. The van der Waals surface area contributed by atoms with Crippen LogP contribution in [-0.2, 0) is 9.59 Å². The number of carbonyl (C=O) groups is 2. The van der Waals surface area contributed by atoms with Crippen LogP contribution in [0.15, 0.2) is 42.1 Å². The molecule has 22 heavy (non-hydrogen) atoms. The molecule has 1 aromatic carbocycles. The lowest BCUT2D eigenvalue weighted by atomic mass is 10.2. The molecule has 1 fully saturated rings. The van der Waals surface area contributed by atoms with Crippen molar-refractivity contribution >= 4 is 17.5 Å². The van der Waals surface area contributed by atoms with Crippen molar-refractivity contribution in [1.82, 2.24) is 10.2 Å². The standard InChI is InChI=1S/C16H18N4O2/c1-13(21)18-16(22)14(11-17)12-19-7-9-20(10-8-19)15-5-3-2-4-6-15/h2-6,12H,7-10H2,1H3,(H,18,21,22). The lowest BCUT2D eigenvalue weighted by Crippen LogP contribution is -2.44. The Morgan fingerprint density at radius 3 is 2.36 bits per heavy atom. The number of nitrogens with one attached hydrogen (secondary N) is 1. The summed E-state index contributed by atoms with van der Waals surface area (Å²) in [6, 6.07) is 11.9. The van der Waals surface area contributed by atoms with Crippen molar-refractivity contribution in [2.75, 3.05) is 31.1 Å². The largest absolute Gasteiger partial charge is 0.373 e. The summed E-state index contributed by atoms with van der Waals surface area (Å²) in [5.74, 6) is -1.12. The van der Waals surface area contributed by atoms with Crippen molar-refractivity contribution in [3.8, 4) is 6.07 Å². The summed E-state index contributed by atoms with van der Waals surface area (Å²) < 4.78 is 0. The van der Waals surface area contributed by atoms with Crippen molar-refractivity contribution in [2.24, 2.45) is 0 Å². The van der Waals surface area contributed by atoms with Gasteiger partial charge in [-0.1, -0.05) is 18.2 Å². The van der Waals surface area contributed by atoms with E-state index in [9.17, 15) is 9.59 Å². The highest BCUT2D eigenvalue weighted by molar-refractivity contribution is 6.05. The van der Waals surface area contributed by atoms with Crippen LogP contribution in [-0.4, -0.2) is 42.9 Å². The number of nitriles is 1. The van der Waals surface area contributed by atoms with E-state index < -0.39 is 11.8 Å². The van der Waals surface area contributed by atoms with Crippen molar-refractivity contribution in [2.45, 2.75) is 6.92 Å². The van der Waals surface area contributed by atoms with Gasteiger partial charge in [-0.05, 0) is 12.1 Å². The van der Waals surface area contributed by atoms with E-state index in [0.29, 0.717) is 13.1 Å². The van der Waals surface area contributed by atoms with Crippen LogP contribution < -0.4 is 10.2 Å². The fourth-order valence-electron chi connectivity index (χ4n) is 2.30. The molecule has 1 saturated heterocycles. The maximum absolute atomic E-state index is 11.7. The van der Waals surface area contributed by atoms with E-state index >= 15 is 0 Å². The summed E-state index contributed by atoms with van der Waals surface area (Å²) in [5.41, 5.74) is 1.12. The molecule has 2 rings (SSSR count). The van der Waals surface area contributed by atoms with E-state index in [2.05, 4.69) is 22.3 Å². The van der Waals surface area contributed by atoms with Crippen molar-refractivity contribution in [1.29, 1.82) is 5.26 Å². The van der Waals surface area contributed by atoms with Gasteiger partial charge in [0.1, 0.15) is 11.6 Å². The second-order valence-corrected chi connectivity index (χ2v) is 5.02. The van der Waals surface area contributed by atoms with Crippen LogP contribution in [0.1, 0.15) is 6.92 Å². The lowest BCUT2D eigenvalue weighted by Gasteiger charge is -2.35. The van der Waals surface area contributed by atoms with E-state index in [0.717, 1.165) is 13.1 Å². The van der Waals surface area contributed by atoms with Gasteiger partial charge in [0.25, 0.3) is 5.91 Å². The minimum Gasteiger partial charge on any atom is -0.373 e. The summed E-state index contributed by atoms with van der Waals surface area (Å²) in [4.78, 5) is 26.7. The van der Waals surface area contributed by atoms with Gasteiger partial charge in [-0.15, -0.1) is 0 Å². The Bertz CT molecular complexity index is 611. The third-order valence-corrected chi connectivity index (χ3v) is 3.40. The fraction of sp³-hybridized carbons (Fsp3) is 0.312. The van der Waals surface area contributed by atoms with Gasteiger partial charge in [0.15, 0.2) is 0 Å². The van der Waals surface area contributed by atoms with E-state index in [-0.39, 0.29) is 5.57 Å². The number of hydrogen-bond acceptors (Lipinski definition) is 5. The maximum atomic E-state index is 11.7. The summed E-state index contributed by atoms with van der Waals surface area (Å²) in [7, 11) is 0. The van der Waals surface area contributed by atoms with Crippen LogP contribution in [0.4, 0.5) is 5.69 Å². The van der Waals surface area contributed by atoms with Crippen LogP contribution in [0.2, 0.25) is 0 Å². The molecular formula is C16H18N4O2. The molecule has 1 aliphatic rings. The molecule has 114 valence electrons. The molecule has 0 spiro atoms. The molecule has 1 aliphatic heterocycles. The molecule has 2 amide bonds. The second kappa shape index (κ2) is 7.27. The Morgan fingerprint density at radius 1 is 1.18 bits per heavy atom. The molecule has 0 saturated carbocycles. The molecule has 0 radical (unpaired) electrons. The number of nitrogens with zero attached hydrogens (tertiary/aromatic N) is 3. The van der Waals surface area contributed by atoms with Gasteiger partial charge < -0.3 is 9.80 Å². The van der Waals surface area contributed by atoms with Crippen molar-refractivity contribution in [3.63, 3.8) is 0 Å². The zero-order valence-electron chi connectivity index (χ0n) is 12.5. The number of imide groups is 1. The quantitative estimate of drug-likeness (QED) is 0.662. The molecule has 1 aromatic rings. The average Bonchev–Trinajstić information content (AvgIpc) is 2.53. The highest BCUT2D eigenvalue weighted by Gasteiger charge is 2.17. The molecule has 0 atom stereocenters. The maximum Gasteiger partial charge on any atom is 0.269 e. The Labute approximate surface area is 129 Å². The number of hydrogen-bond donors (Lipinski definition) is 1. The zero-order chi connectivity index (χ0) is 15.9. The Hall–Kier alpha value is -2.81. The number of piperazine rings is 1. The topological polar surface area (TPSA) is 76.4 Å². The number of carbonyl (C=O) groups excluding carboxylic acids is 2. The Morgan fingerprint density at radius 2 is 1.82 bits per heavy atom. The first kappa shape index (κ1) is 15.6. The third kappa shape index (κ3) is 4.09. The minimum absolute atomic E-state index is 0.0524. The van der Waals surface area contributed by atoms with E-state index in [1.165, 1.54) is 18.8 Å². The van der Waals surface area contributed by atoms with Gasteiger partial charge in [0.2, 0.25) is 5.91 Å². The van der Waals surface area contributed by atoms with Gasteiger partial charge in [-0.3, -0.25) is 14.9 Å².